The van der Waals surface area contributed by atoms with Gasteiger partial charge >= 0.3 is 6.03 Å². The van der Waals surface area contributed by atoms with Gasteiger partial charge in [-0.3, -0.25) is 14.4 Å². The standard InChI is InChI=1S/C25H30N4O8/c1-13(30)15-4-6-16(7-5-15)27-24(36)29-19-11-25(37,12-20(32)21(19)33)23(35)28-18(22(26)34)10-14-2-8-17(31)9-3-14/h2-9,18-21,31-33,37H,10-12H2,1H3,(H2,26,34)(H,28,35)(H2,27,29,36)/t18-,19-,20+,21+,25-/m0/s1. The quantitative estimate of drug-likeness (QED) is 0.216. The predicted molar refractivity (Wildman–Crippen MR) is 132 cm³/mol. The summed E-state index contributed by atoms with van der Waals surface area (Å²) in [5.41, 5.74) is 4.57. The number of nitrogens with one attached hydrogen (secondary N) is 3. The molecule has 0 radical (unpaired) electrons. The van der Waals surface area contributed by atoms with E-state index in [1.165, 1.54) is 43.3 Å². The van der Waals surface area contributed by atoms with Crippen LogP contribution in [0.2, 0.25) is 0 Å². The van der Waals surface area contributed by atoms with E-state index in [1.807, 2.05) is 0 Å². The van der Waals surface area contributed by atoms with E-state index in [1.54, 1.807) is 12.1 Å². The second-order valence-corrected chi connectivity index (χ2v) is 9.14. The van der Waals surface area contributed by atoms with Gasteiger partial charge in [0.2, 0.25) is 5.91 Å². The third kappa shape index (κ3) is 7.03. The average molecular weight is 515 g/mol. The largest absolute Gasteiger partial charge is 0.508 e. The Balaban J connectivity index is 1.67. The molecule has 0 aliphatic heterocycles. The highest BCUT2D eigenvalue weighted by Gasteiger charge is 2.49. The maximum Gasteiger partial charge on any atom is 0.319 e. The van der Waals surface area contributed by atoms with Crippen LogP contribution >= 0.6 is 0 Å². The highest BCUT2D eigenvalue weighted by Crippen LogP contribution is 2.30. The van der Waals surface area contributed by atoms with Gasteiger partial charge in [-0.1, -0.05) is 12.1 Å². The molecule has 37 heavy (non-hydrogen) atoms. The van der Waals surface area contributed by atoms with Crippen LogP contribution in [-0.4, -0.2) is 73.9 Å². The summed E-state index contributed by atoms with van der Waals surface area (Å²) in [5.74, 6) is -2.00. The topological polar surface area (TPSA) is 211 Å². The van der Waals surface area contributed by atoms with Crippen LogP contribution in [0.1, 0.15) is 35.7 Å². The van der Waals surface area contributed by atoms with Gasteiger partial charge in [0.05, 0.1) is 12.1 Å². The van der Waals surface area contributed by atoms with Crippen molar-refractivity contribution in [2.24, 2.45) is 5.73 Å². The number of primary amides is 1. The van der Waals surface area contributed by atoms with Gasteiger partial charge in [-0.05, 0) is 48.9 Å². The average Bonchev–Trinajstić information content (AvgIpc) is 2.83. The van der Waals surface area contributed by atoms with Crippen molar-refractivity contribution in [2.45, 2.75) is 56.1 Å². The number of rotatable bonds is 8. The lowest BCUT2D eigenvalue weighted by Crippen LogP contribution is -2.64. The number of urea groups is 1. The molecule has 1 aliphatic carbocycles. The SMILES string of the molecule is CC(=O)c1ccc(NC(=O)N[C@H]2C[C@@](O)(C(=O)N[C@@H](Cc3ccc(O)cc3)C(N)=O)C[C@@H](O)[C@@H]2O)cc1. The molecule has 9 N–H and O–H groups in total. The van der Waals surface area contributed by atoms with E-state index < -0.39 is 60.6 Å². The van der Waals surface area contributed by atoms with Crippen LogP contribution in [0.5, 0.6) is 5.75 Å². The van der Waals surface area contributed by atoms with Gasteiger partial charge in [0, 0.05) is 30.5 Å². The summed E-state index contributed by atoms with van der Waals surface area (Å²) in [4.78, 5) is 48.8. The normalized spacial score (nSPS) is 23.9. The van der Waals surface area contributed by atoms with E-state index in [9.17, 15) is 39.6 Å². The smallest absolute Gasteiger partial charge is 0.319 e. The molecular formula is C25H30N4O8. The molecule has 0 heterocycles. The van der Waals surface area contributed by atoms with Crippen LogP contribution in [0.25, 0.3) is 0 Å². The molecule has 3 rings (SSSR count). The number of anilines is 1. The van der Waals surface area contributed by atoms with Crippen molar-refractivity contribution < 1.29 is 39.6 Å². The number of phenolic OH excluding ortho intramolecular Hbond substituents is 1. The molecule has 12 heteroatoms. The third-order valence-electron chi connectivity index (χ3n) is 6.22. The molecule has 0 unspecified atom stereocenters. The third-order valence-corrected chi connectivity index (χ3v) is 6.22. The molecular weight excluding hydrogens is 484 g/mol. The second kappa shape index (κ2) is 11.4. The number of nitrogens with two attached hydrogens (primary N) is 1. The summed E-state index contributed by atoms with van der Waals surface area (Å²) in [6.07, 6.45) is -4.07. The van der Waals surface area contributed by atoms with Crippen molar-refractivity contribution in [1.82, 2.24) is 10.6 Å². The van der Waals surface area contributed by atoms with Crippen molar-refractivity contribution in [1.29, 1.82) is 0 Å². The summed E-state index contributed by atoms with van der Waals surface area (Å²) in [5, 5.41) is 48.5. The Bertz CT molecular complexity index is 1150. The summed E-state index contributed by atoms with van der Waals surface area (Å²) >= 11 is 0. The lowest BCUT2D eigenvalue weighted by Gasteiger charge is -2.41. The Kier molecular flexibility index (Phi) is 8.48. The van der Waals surface area contributed by atoms with Gasteiger partial charge in [-0.15, -0.1) is 0 Å². The van der Waals surface area contributed by atoms with E-state index >= 15 is 0 Å². The first-order valence-electron chi connectivity index (χ1n) is 11.5. The summed E-state index contributed by atoms with van der Waals surface area (Å²) in [6, 6.07) is 8.73. The number of carbonyl (C=O) groups is 4. The maximum atomic E-state index is 13.0. The molecule has 2 aromatic carbocycles. The van der Waals surface area contributed by atoms with Gasteiger partial charge in [-0.25, -0.2) is 4.79 Å². The first kappa shape index (κ1) is 27.6. The molecule has 1 aliphatic rings. The van der Waals surface area contributed by atoms with Crippen LogP contribution in [0, 0.1) is 0 Å². The lowest BCUT2D eigenvalue weighted by molar-refractivity contribution is -0.158. The number of hydrogen-bond donors (Lipinski definition) is 8. The molecule has 2 aromatic rings. The van der Waals surface area contributed by atoms with Gasteiger partial charge in [0.1, 0.15) is 23.5 Å². The van der Waals surface area contributed by atoms with Crippen molar-refractivity contribution in [2.75, 3.05) is 5.32 Å². The molecule has 12 nitrogen and oxygen atoms in total. The minimum absolute atomic E-state index is 0.0168. The Labute approximate surface area is 212 Å². The fourth-order valence-electron chi connectivity index (χ4n) is 4.13. The summed E-state index contributed by atoms with van der Waals surface area (Å²) in [6.45, 7) is 1.40. The van der Waals surface area contributed by atoms with E-state index in [0.717, 1.165) is 0 Å². The minimum atomic E-state index is -2.23. The Morgan fingerprint density at radius 2 is 1.65 bits per heavy atom. The monoisotopic (exact) mass is 514 g/mol. The van der Waals surface area contributed by atoms with Gasteiger partial charge in [0.25, 0.3) is 5.91 Å². The zero-order chi connectivity index (χ0) is 27.3. The second-order valence-electron chi connectivity index (χ2n) is 9.14. The van der Waals surface area contributed by atoms with Crippen LogP contribution in [0.4, 0.5) is 10.5 Å². The van der Waals surface area contributed by atoms with Crippen molar-refractivity contribution in [3.63, 3.8) is 0 Å². The first-order chi connectivity index (χ1) is 17.4. The van der Waals surface area contributed by atoms with Crippen molar-refractivity contribution >= 4 is 29.3 Å². The van der Waals surface area contributed by atoms with Crippen LogP contribution in [0.3, 0.4) is 0 Å². The highest BCUT2D eigenvalue weighted by atomic mass is 16.3. The molecule has 0 spiro atoms. The number of benzene rings is 2. The number of Topliss-reactive ketones (excluding diaryl/α,β-unsaturated/α-hetero) is 1. The number of hydrogen-bond acceptors (Lipinski definition) is 8. The fourth-order valence-corrected chi connectivity index (χ4v) is 4.13. The number of amides is 4. The van der Waals surface area contributed by atoms with Gasteiger partial charge in [0.15, 0.2) is 5.78 Å². The zero-order valence-corrected chi connectivity index (χ0v) is 20.0. The van der Waals surface area contributed by atoms with Crippen molar-refractivity contribution in [3.8, 4) is 5.75 Å². The first-order valence-corrected chi connectivity index (χ1v) is 11.5. The van der Waals surface area contributed by atoms with E-state index in [0.29, 0.717) is 16.8 Å². The number of phenols is 1. The number of aliphatic hydroxyl groups excluding tert-OH is 2. The van der Waals surface area contributed by atoms with Gasteiger partial charge < -0.3 is 42.1 Å². The number of aromatic hydroxyl groups is 1. The Morgan fingerprint density at radius 1 is 1.03 bits per heavy atom. The van der Waals surface area contributed by atoms with E-state index in [2.05, 4.69) is 16.0 Å². The zero-order valence-electron chi connectivity index (χ0n) is 20.0. The molecule has 1 fully saturated rings. The van der Waals surface area contributed by atoms with Crippen LogP contribution < -0.4 is 21.7 Å². The van der Waals surface area contributed by atoms with Crippen molar-refractivity contribution in [3.05, 3.63) is 59.7 Å². The van der Waals surface area contributed by atoms with Crippen LogP contribution in [0.15, 0.2) is 48.5 Å². The molecule has 1 saturated carbocycles. The fraction of sp³-hybridized carbons (Fsp3) is 0.360. The minimum Gasteiger partial charge on any atom is -0.508 e. The Morgan fingerprint density at radius 3 is 2.22 bits per heavy atom. The lowest BCUT2D eigenvalue weighted by atomic mass is 9.77. The van der Waals surface area contributed by atoms with Gasteiger partial charge in [-0.2, -0.15) is 0 Å². The summed E-state index contributed by atoms with van der Waals surface area (Å²) < 4.78 is 0. The molecule has 0 bridgehead atoms. The van der Waals surface area contributed by atoms with Crippen LogP contribution in [-0.2, 0) is 16.0 Å². The Hall–Kier alpha value is -4.00. The predicted octanol–water partition coefficient (Wildman–Crippen LogP) is -0.456. The molecule has 5 atom stereocenters. The number of ketones is 1. The summed E-state index contributed by atoms with van der Waals surface area (Å²) in [7, 11) is 0. The number of aliphatic hydroxyl groups is 3. The molecule has 198 valence electrons. The molecule has 0 saturated heterocycles. The molecule has 4 amide bonds. The van der Waals surface area contributed by atoms with E-state index in [4.69, 9.17) is 5.73 Å². The number of carbonyl (C=O) groups excluding carboxylic acids is 4. The highest BCUT2D eigenvalue weighted by molar-refractivity contribution is 5.95. The molecule has 0 aromatic heterocycles. The maximum absolute atomic E-state index is 13.0. The van der Waals surface area contributed by atoms with E-state index in [-0.39, 0.29) is 18.0 Å².